The van der Waals surface area contributed by atoms with E-state index in [1.807, 2.05) is 6.07 Å². The summed E-state index contributed by atoms with van der Waals surface area (Å²) in [6, 6.07) is 27.9. The lowest BCUT2D eigenvalue weighted by Gasteiger charge is -2.38. The molecule has 0 spiro atoms. The van der Waals surface area contributed by atoms with E-state index in [4.69, 9.17) is 9.47 Å². The van der Waals surface area contributed by atoms with E-state index in [9.17, 15) is 0 Å². The minimum absolute atomic E-state index is 0.478. The van der Waals surface area contributed by atoms with Crippen molar-refractivity contribution in [2.24, 2.45) is 5.92 Å². The van der Waals surface area contributed by atoms with Crippen LogP contribution in [-0.2, 0) is 6.54 Å². The lowest BCUT2D eigenvalue weighted by atomic mass is 9.87. The normalized spacial score (nSPS) is 21.3. The highest BCUT2D eigenvalue weighted by Crippen LogP contribution is 2.38. The first-order valence-corrected chi connectivity index (χ1v) is 12.7. The molecule has 5 nitrogen and oxygen atoms in total. The Morgan fingerprint density at radius 1 is 0.743 bits per heavy atom. The van der Waals surface area contributed by atoms with Crippen LogP contribution in [0.25, 0.3) is 0 Å². The molecule has 0 aromatic heterocycles. The molecule has 3 aromatic rings. The third-order valence-electron chi connectivity index (χ3n) is 7.59. The monoisotopic (exact) mass is 471 g/mol. The summed E-state index contributed by atoms with van der Waals surface area (Å²) in [5.41, 5.74) is 4.00. The molecule has 2 aliphatic heterocycles. The summed E-state index contributed by atoms with van der Waals surface area (Å²) < 4.78 is 11.2. The molecule has 0 bridgehead atoms. The maximum absolute atomic E-state index is 5.78. The second-order valence-corrected chi connectivity index (χ2v) is 9.78. The van der Waals surface area contributed by atoms with Gasteiger partial charge in [-0.05, 0) is 35.2 Å². The molecule has 2 atom stereocenters. The molecule has 0 N–H and O–H groups in total. The summed E-state index contributed by atoms with van der Waals surface area (Å²) in [6.07, 6.45) is 0. The number of hydrogen-bond acceptors (Lipinski definition) is 5. The lowest BCUT2D eigenvalue weighted by Crippen LogP contribution is -2.48. The highest BCUT2D eigenvalue weighted by atomic mass is 16.5. The quantitative estimate of drug-likeness (QED) is 0.473. The number of anilines is 1. The summed E-state index contributed by atoms with van der Waals surface area (Å²) >= 11 is 0. The van der Waals surface area contributed by atoms with Crippen LogP contribution >= 0.6 is 0 Å². The van der Waals surface area contributed by atoms with Crippen molar-refractivity contribution in [3.05, 3.63) is 90.0 Å². The number of para-hydroxylation sites is 1. The van der Waals surface area contributed by atoms with Gasteiger partial charge in [-0.3, -0.25) is 9.80 Å². The van der Waals surface area contributed by atoms with Gasteiger partial charge in [-0.15, -0.1) is 0 Å². The minimum Gasteiger partial charge on any atom is -0.497 e. The number of ether oxygens (including phenoxy) is 2. The number of methoxy groups -OCH3 is 2. The van der Waals surface area contributed by atoms with E-state index in [1.165, 1.54) is 16.8 Å². The fourth-order valence-electron chi connectivity index (χ4n) is 5.77. The summed E-state index contributed by atoms with van der Waals surface area (Å²) in [5.74, 6) is 3.01. The number of likely N-dealkylation sites (tertiary alicyclic amines) is 1. The van der Waals surface area contributed by atoms with E-state index in [-0.39, 0.29) is 0 Å². The Bertz CT molecular complexity index is 1080. The van der Waals surface area contributed by atoms with Crippen molar-refractivity contribution in [1.82, 2.24) is 9.80 Å². The molecule has 3 aromatic carbocycles. The molecule has 0 amide bonds. The molecule has 184 valence electrons. The maximum atomic E-state index is 5.78. The lowest BCUT2D eigenvalue weighted by molar-refractivity contribution is 0.209. The van der Waals surface area contributed by atoms with Crippen LogP contribution in [0.5, 0.6) is 11.5 Å². The highest BCUT2D eigenvalue weighted by Gasteiger charge is 2.36. The largest absolute Gasteiger partial charge is 0.497 e. The number of hydrogen-bond donors (Lipinski definition) is 0. The van der Waals surface area contributed by atoms with Crippen LogP contribution in [0.1, 0.15) is 17.0 Å². The summed E-state index contributed by atoms with van der Waals surface area (Å²) in [6.45, 7) is 8.60. The second-order valence-electron chi connectivity index (χ2n) is 9.78. The van der Waals surface area contributed by atoms with Crippen LogP contribution in [0.2, 0.25) is 0 Å². The molecule has 2 saturated heterocycles. The van der Waals surface area contributed by atoms with Crippen molar-refractivity contribution in [2.45, 2.75) is 12.5 Å². The zero-order chi connectivity index (χ0) is 24.0. The molecule has 35 heavy (non-hydrogen) atoms. The Morgan fingerprint density at radius 2 is 1.51 bits per heavy atom. The number of piperazine rings is 1. The van der Waals surface area contributed by atoms with Gasteiger partial charge in [0, 0.05) is 70.0 Å². The average Bonchev–Trinajstić information content (AvgIpc) is 3.31. The Kier molecular flexibility index (Phi) is 7.55. The van der Waals surface area contributed by atoms with Crippen LogP contribution < -0.4 is 14.4 Å². The third kappa shape index (κ3) is 5.63. The van der Waals surface area contributed by atoms with E-state index >= 15 is 0 Å². The molecule has 0 aliphatic carbocycles. The minimum atomic E-state index is 0.478. The van der Waals surface area contributed by atoms with Crippen LogP contribution in [0.15, 0.2) is 78.9 Å². The van der Waals surface area contributed by atoms with E-state index in [0.717, 1.165) is 63.9 Å². The molecule has 2 unspecified atom stereocenters. The van der Waals surface area contributed by atoms with E-state index in [0.29, 0.717) is 11.8 Å². The Labute approximate surface area is 209 Å². The van der Waals surface area contributed by atoms with Gasteiger partial charge < -0.3 is 14.4 Å². The van der Waals surface area contributed by atoms with Gasteiger partial charge in [0.2, 0.25) is 0 Å². The molecule has 2 fully saturated rings. The van der Waals surface area contributed by atoms with E-state index < -0.39 is 0 Å². The zero-order valence-electron chi connectivity index (χ0n) is 21.0. The molecule has 2 heterocycles. The first kappa shape index (κ1) is 23.7. The number of nitrogens with zero attached hydrogens (tertiary/aromatic N) is 3. The SMILES string of the molecule is COc1cccc(N2CCN(CC3CN(Cc4ccccc4)CC3c3ccccc3OC)CC2)c1. The van der Waals surface area contributed by atoms with Gasteiger partial charge in [-0.2, -0.15) is 0 Å². The van der Waals surface area contributed by atoms with Crippen molar-refractivity contribution in [2.75, 3.05) is 64.9 Å². The fraction of sp³-hybridized carbons (Fsp3) is 0.400. The van der Waals surface area contributed by atoms with E-state index in [2.05, 4.69) is 87.5 Å². The highest BCUT2D eigenvalue weighted by molar-refractivity contribution is 5.51. The molecule has 5 rings (SSSR count). The number of rotatable bonds is 8. The number of benzene rings is 3. The molecule has 5 heteroatoms. The Balaban J connectivity index is 1.27. The van der Waals surface area contributed by atoms with Gasteiger partial charge in [-0.1, -0.05) is 54.6 Å². The Morgan fingerprint density at radius 3 is 2.29 bits per heavy atom. The predicted molar refractivity (Wildman–Crippen MR) is 143 cm³/mol. The van der Waals surface area contributed by atoms with Crippen LogP contribution in [0.3, 0.4) is 0 Å². The first-order chi connectivity index (χ1) is 17.2. The van der Waals surface area contributed by atoms with Gasteiger partial charge in [0.25, 0.3) is 0 Å². The van der Waals surface area contributed by atoms with Gasteiger partial charge in [0.1, 0.15) is 11.5 Å². The van der Waals surface area contributed by atoms with Gasteiger partial charge in [0.15, 0.2) is 0 Å². The van der Waals surface area contributed by atoms with Crippen LogP contribution in [-0.4, -0.2) is 69.8 Å². The predicted octanol–water partition coefficient (Wildman–Crippen LogP) is 4.74. The molecule has 0 saturated carbocycles. The first-order valence-electron chi connectivity index (χ1n) is 12.7. The van der Waals surface area contributed by atoms with Gasteiger partial charge >= 0.3 is 0 Å². The van der Waals surface area contributed by atoms with Gasteiger partial charge in [-0.25, -0.2) is 0 Å². The fourth-order valence-corrected chi connectivity index (χ4v) is 5.77. The summed E-state index contributed by atoms with van der Waals surface area (Å²) in [7, 11) is 3.53. The van der Waals surface area contributed by atoms with Crippen molar-refractivity contribution >= 4 is 5.69 Å². The molecule has 0 radical (unpaired) electrons. The van der Waals surface area contributed by atoms with Crippen LogP contribution in [0.4, 0.5) is 5.69 Å². The summed E-state index contributed by atoms with van der Waals surface area (Å²) in [4.78, 5) is 7.77. The van der Waals surface area contributed by atoms with Crippen molar-refractivity contribution < 1.29 is 9.47 Å². The van der Waals surface area contributed by atoms with Crippen molar-refractivity contribution in [3.8, 4) is 11.5 Å². The van der Waals surface area contributed by atoms with Crippen LogP contribution in [0, 0.1) is 5.92 Å². The average molecular weight is 472 g/mol. The second kappa shape index (κ2) is 11.1. The van der Waals surface area contributed by atoms with E-state index in [1.54, 1.807) is 14.2 Å². The standard InChI is InChI=1S/C30H37N3O2/c1-34-27-12-8-11-26(19-27)33-17-15-31(16-18-33)21-25-22-32(20-24-9-4-3-5-10-24)23-29(25)28-13-6-7-14-30(28)35-2/h3-14,19,25,29H,15-18,20-23H2,1-2H3. The van der Waals surface area contributed by atoms with Gasteiger partial charge in [0.05, 0.1) is 14.2 Å². The maximum Gasteiger partial charge on any atom is 0.122 e. The van der Waals surface area contributed by atoms with Crippen molar-refractivity contribution in [1.29, 1.82) is 0 Å². The molecular formula is C30H37N3O2. The molecule has 2 aliphatic rings. The van der Waals surface area contributed by atoms with Crippen molar-refractivity contribution in [3.63, 3.8) is 0 Å². The Hall–Kier alpha value is -3.02. The summed E-state index contributed by atoms with van der Waals surface area (Å²) in [5, 5.41) is 0. The molecular weight excluding hydrogens is 434 g/mol. The zero-order valence-corrected chi connectivity index (χ0v) is 21.0. The topological polar surface area (TPSA) is 28.2 Å². The smallest absolute Gasteiger partial charge is 0.122 e. The third-order valence-corrected chi connectivity index (χ3v) is 7.59.